The second-order valence-electron chi connectivity index (χ2n) is 5.56. The van der Waals surface area contributed by atoms with E-state index in [1.165, 1.54) is 6.08 Å². The van der Waals surface area contributed by atoms with Crippen LogP contribution in [0.3, 0.4) is 0 Å². The molecule has 2 aromatic heterocycles. The number of esters is 1. The summed E-state index contributed by atoms with van der Waals surface area (Å²) in [6.45, 7) is 1.93. The molecule has 0 unspecified atom stereocenters. The van der Waals surface area contributed by atoms with Crippen molar-refractivity contribution in [3.05, 3.63) is 66.0 Å². The van der Waals surface area contributed by atoms with Crippen LogP contribution in [-0.2, 0) is 9.53 Å². The van der Waals surface area contributed by atoms with Crippen molar-refractivity contribution in [2.24, 2.45) is 0 Å². The molecule has 0 bridgehead atoms. The molecule has 0 aliphatic heterocycles. The van der Waals surface area contributed by atoms with Crippen LogP contribution in [-0.4, -0.2) is 35.0 Å². The van der Waals surface area contributed by atoms with Crippen molar-refractivity contribution in [3.8, 4) is 5.75 Å². The molecule has 0 spiro atoms. The predicted octanol–water partition coefficient (Wildman–Crippen LogP) is 3.17. The first kappa shape index (κ1) is 18.2. The Kier molecular flexibility index (Phi) is 5.51. The number of carbonyl (C=O) groups is 2. The molecule has 0 saturated heterocycles. The number of methoxy groups -OCH3 is 1. The zero-order valence-electron chi connectivity index (χ0n) is 15.0. The van der Waals surface area contributed by atoms with Gasteiger partial charge in [0.25, 0.3) is 0 Å². The van der Waals surface area contributed by atoms with Gasteiger partial charge in [0.1, 0.15) is 11.4 Å². The van der Waals surface area contributed by atoms with Crippen molar-refractivity contribution in [2.75, 3.05) is 19.0 Å². The van der Waals surface area contributed by atoms with Gasteiger partial charge in [0, 0.05) is 12.3 Å². The molecule has 0 radical (unpaired) electrons. The van der Waals surface area contributed by atoms with E-state index in [0.29, 0.717) is 11.4 Å². The summed E-state index contributed by atoms with van der Waals surface area (Å²) < 4.78 is 11.8. The number of benzene rings is 1. The fourth-order valence-corrected chi connectivity index (χ4v) is 2.53. The second-order valence-corrected chi connectivity index (χ2v) is 5.56. The monoisotopic (exact) mass is 365 g/mol. The van der Waals surface area contributed by atoms with Crippen molar-refractivity contribution < 1.29 is 19.1 Å². The highest BCUT2D eigenvalue weighted by molar-refractivity contribution is 6.05. The Morgan fingerprint density at radius 1 is 1.22 bits per heavy atom. The molecular weight excluding hydrogens is 346 g/mol. The first-order valence-electron chi connectivity index (χ1n) is 8.39. The van der Waals surface area contributed by atoms with E-state index in [1.54, 1.807) is 48.9 Å². The van der Waals surface area contributed by atoms with Gasteiger partial charge in [0.05, 0.1) is 13.7 Å². The summed E-state index contributed by atoms with van der Waals surface area (Å²) in [6.07, 6.45) is 4.75. The Balaban J connectivity index is 1.86. The van der Waals surface area contributed by atoms with E-state index in [9.17, 15) is 9.59 Å². The minimum Gasteiger partial charge on any atom is -0.497 e. The second kappa shape index (κ2) is 8.18. The molecule has 1 aromatic carbocycles. The molecule has 0 aliphatic rings. The maximum absolute atomic E-state index is 12.4. The molecule has 138 valence electrons. The normalized spacial score (nSPS) is 10.9. The molecule has 0 saturated carbocycles. The SMILES string of the molecule is CCOC(=O)c1nc2ccccn2c1NC(=O)/C=C/c1cccc(OC)c1. The van der Waals surface area contributed by atoms with E-state index in [4.69, 9.17) is 9.47 Å². The first-order valence-corrected chi connectivity index (χ1v) is 8.39. The number of pyridine rings is 1. The van der Waals surface area contributed by atoms with Crippen LogP contribution < -0.4 is 10.1 Å². The standard InChI is InChI=1S/C20H19N3O4/c1-3-27-20(25)18-19(23-12-5-4-9-16(23)21-18)22-17(24)11-10-14-7-6-8-15(13-14)26-2/h4-13H,3H2,1-2H3,(H,22,24)/b11-10+. The van der Waals surface area contributed by atoms with Crippen molar-refractivity contribution in [2.45, 2.75) is 6.92 Å². The summed E-state index contributed by atoms with van der Waals surface area (Å²) in [6, 6.07) is 12.6. The molecule has 0 atom stereocenters. The quantitative estimate of drug-likeness (QED) is 0.536. The van der Waals surface area contributed by atoms with Gasteiger partial charge in [-0.3, -0.25) is 9.20 Å². The number of imidazole rings is 1. The van der Waals surface area contributed by atoms with Gasteiger partial charge in [-0.05, 0) is 42.8 Å². The number of fused-ring (bicyclic) bond motifs is 1. The highest BCUT2D eigenvalue weighted by Gasteiger charge is 2.21. The highest BCUT2D eigenvalue weighted by Crippen LogP contribution is 2.20. The van der Waals surface area contributed by atoms with Gasteiger partial charge in [-0.15, -0.1) is 0 Å². The Morgan fingerprint density at radius 3 is 2.85 bits per heavy atom. The Hall–Kier alpha value is -3.61. The number of aromatic nitrogens is 2. The number of hydrogen-bond donors (Lipinski definition) is 1. The molecule has 1 N–H and O–H groups in total. The van der Waals surface area contributed by atoms with Crippen molar-refractivity contribution >= 4 is 29.4 Å². The van der Waals surface area contributed by atoms with Gasteiger partial charge in [-0.2, -0.15) is 0 Å². The van der Waals surface area contributed by atoms with Gasteiger partial charge in [-0.1, -0.05) is 18.2 Å². The van der Waals surface area contributed by atoms with E-state index in [0.717, 1.165) is 5.56 Å². The molecule has 3 rings (SSSR count). The minimum atomic E-state index is -0.590. The Bertz CT molecular complexity index is 1010. The molecule has 7 nitrogen and oxygen atoms in total. The average Bonchev–Trinajstić information content (AvgIpc) is 3.05. The average molecular weight is 365 g/mol. The van der Waals surface area contributed by atoms with Crippen LogP contribution in [0.5, 0.6) is 5.75 Å². The molecular formula is C20H19N3O4. The van der Waals surface area contributed by atoms with Crippen LogP contribution in [0.2, 0.25) is 0 Å². The lowest BCUT2D eigenvalue weighted by Crippen LogP contribution is -2.14. The summed E-state index contributed by atoms with van der Waals surface area (Å²) in [5.41, 5.74) is 1.41. The van der Waals surface area contributed by atoms with Crippen LogP contribution in [0.15, 0.2) is 54.7 Å². The number of anilines is 1. The molecule has 27 heavy (non-hydrogen) atoms. The maximum Gasteiger partial charge on any atom is 0.360 e. The number of carbonyl (C=O) groups excluding carboxylic acids is 2. The number of rotatable bonds is 6. The van der Waals surface area contributed by atoms with E-state index >= 15 is 0 Å². The van der Waals surface area contributed by atoms with Crippen LogP contribution in [0.4, 0.5) is 5.82 Å². The number of amides is 1. The lowest BCUT2D eigenvalue weighted by molar-refractivity contribution is -0.111. The summed E-state index contributed by atoms with van der Waals surface area (Å²) in [5, 5.41) is 2.71. The van der Waals surface area contributed by atoms with E-state index in [2.05, 4.69) is 10.3 Å². The van der Waals surface area contributed by atoms with Gasteiger partial charge in [0.15, 0.2) is 11.5 Å². The molecule has 0 fully saturated rings. The van der Waals surface area contributed by atoms with Crippen molar-refractivity contribution in [1.29, 1.82) is 0 Å². The van der Waals surface area contributed by atoms with Crippen molar-refractivity contribution in [3.63, 3.8) is 0 Å². The fourth-order valence-electron chi connectivity index (χ4n) is 2.53. The fraction of sp³-hybridized carbons (Fsp3) is 0.150. The summed E-state index contributed by atoms with van der Waals surface area (Å²) in [4.78, 5) is 28.8. The third kappa shape index (κ3) is 4.14. The van der Waals surface area contributed by atoms with E-state index < -0.39 is 11.9 Å². The summed E-state index contributed by atoms with van der Waals surface area (Å²) in [7, 11) is 1.58. The zero-order chi connectivity index (χ0) is 19.2. The molecule has 0 aliphatic carbocycles. The summed E-state index contributed by atoms with van der Waals surface area (Å²) in [5.74, 6) is -0.0180. The summed E-state index contributed by atoms with van der Waals surface area (Å²) >= 11 is 0. The minimum absolute atomic E-state index is 0.0613. The Morgan fingerprint density at radius 2 is 2.07 bits per heavy atom. The smallest absolute Gasteiger partial charge is 0.360 e. The lowest BCUT2D eigenvalue weighted by atomic mass is 10.2. The number of nitrogens with one attached hydrogen (secondary N) is 1. The predicted molar refractivity (Wildman–Crippen MR) is 102 cm³/mol. The van der Waals surface area contributed by atoms with Gasteiger partial charge in [-0.25, -0.2) is 9.78 Å². The Labute approximate surface area is 156 Å². The third-order valence-corrected chi connectivity index (χ3v) is 3.76. The number of ether oxygens (including phenoxy) is 2. The van der Waals surface area contributed by atoms with Crippen LogP contribution >= 0.6 is 0 Å². The van der Waals surface area contributed by atoms with Crippen LogP contribution in [0.1, 0.15) is 23.0 Å². The van der Waals surface area contributed by atoms with Crippen LogP contribution in [0.25, 0.3) is 11.7 Å². The van der Waals surface area contributed by atoms with E-state index in [1.807, 2.05) is 24.3 Å². The first-order chi connectivity index (χ1) is 13.1. The molecule has 2 heterocycles. The van der Waals surface area contributed by atoms with Crippen LogP contribution in [0, 0.1) is 0 Å². The maximum atomic E-state index is 12.4. The molecule has 1 amide bonds. The lowest BCUT2D eigenvalue weighted by Gasteiger charge is -2.05. The zero-order valence-corrected chi connectivity index (χ0v) is 15.0. The third-order valence-electron chi connectivity index (χ3n) is 3.76. The van der Waals surface area contributed by atoms with Crippen molar-refractivity contribution in [1.82, 2.24) is 9.38 Å². The highest BCUT2D eigenvalue weighted by atomic mass is 16.5. The molecule has 3 aromatic rings. The van der Waals surface area contributed by atoms with Gasteiger partial charge >= 0.3 is 5.97 Å². The number of nitrogens with zero attached hydrogens (tertiary/aromatic N) is 2. The molecule has 7 heteroatoms. The van der Waals surface area contributed by atoms with Gasteiger partial charge in [0.2, 0.25) is 5.91 Å². The van der Waals surface area contributed by atoms with Gasteiger partial charge < -0.3 is 14.8 Å². The van der Waals surface area contributed by atoms with E-state index in [-0.39, 0.29) is 18.1 Å². The number of hydrogen-bond acceptors (Lipinski definition) is 5. The topological polar surface area (TPSA) is 81.9 Å². The largest absolute Gasteiger partial charge is 0.497 e.